The lowest BCUT2D eigenvalue weighted by molar-refractivity contribution is -0.124. The lowest BCUT2D eigenvalue weighted by Gasteiger charge is -2.18. The Kier molecular flexibility index (Phi) is 8.44. The maximum Gasteiger partial charge on any atom is 0.340 e. The van der Waals surface area contributed by atoms with E-state index in [2.05, 4.69) is 5.32 Å². The number of sulfonamides is 1. The number of ether oxygens (including phenoxy) is 1. The quantitative estimate of drug-likeness (QED) is 0.444. The van der Waals surface area contributed by atoms with E-state index in [0.29, 0.717) is 0 Å². The van der Waals surface area contributed by atoms with Gasteiger partial charge in [-0.3, -0.25) is 4.79 Å². The Labute approximate surface area is 204 Å². The number of amides is 1. The van der Waals surface area contributed by atoms with Crippen LogP contribution >= 0.6 is 11.6 Å². The third kappa shape index (κ3) is 6.44. The predicted molar refractivity (Wildman–Crippen MR) is 130 cm³/mol. The first-order valence-corrected chi connectivity index (χ1v) is 12.3. The molecule has 7 nitrogen and oxygen atoms in total. The highest BCUT2D eigenvalue weighted by atomic mass is 35.5. The Bertz CT molecular complexity index is 1250. The lowest BCUT2D eigenvalue weighted by Crippen LogP contribution is -2.31. The van der Waals surface area contributed by atoms with E-state index in [-0.39, 0.29) is 28.1 Å². The molecule has 0 aliphatic carbocycles. The number of hydrogen-bond donors (Lipinski definition) is 1. The van der Waals surface area contributed by atoms with Gasteiger partial charge >= 0.3 is 5.97 Å². The molecule has 0 heterocycles. The van der Waals surface area contributed by atoms with Crippen molar-refractivity contribution in [3.8, 4) is 0 Å². The number of nitrogens with zero attached hydrogens (tertiary/aromatic N) is 1. The van der Waals surface area contributed by atoms with Crippen LogP contribution in [0.15, 0.2) is 83.8 Å². The molecular formula is C25H25ClN2O5S. The Morgan fingerprint density at radius 3 is 2.26 bits per heavy atom. The number of esters is 1. The van der Waals surface area contributed by atoms with Crippen molar-refractivity contribution in [2.45, 2.75) is 24.4 Å². The van der Waals surface area contributed by atoms with E-state index < -0.39 is 28.5 Å². The lowest BCUT2D eigenvalue weighted by atomic mass is 10.1. The van der Waals surface area contributed by atoms with E-state index in [4.69, 9.17) is 16.3 Å². The van der Waals surface area contributed by atoms with E-state index in [1.165, 1.54) is 23.5 Å². The molecule has 34 heavy (non-hydrogen) atoms. The molecule has 0 radical (unpaired) electrons. The van der Waals surface area contributed by atoms with E-state index in [9.17, 15) is 18.0 Å². The maximum atomic E-state index is 13.0. The molecule has 0 aliphatic heterocycles. The summed E-state index contributed by atoms with van der Waals surface area (Å²) in [5, 5.41) is 2.76. The molecule has 0 fully saturated rings. The summed E-state index contributed by atoms with van der Waals surface area (Å²) in [6, 6.07) is 22.0. The number of hydrogen-bond acceptors (Lipinski definition) is 5. The molecule has 178 valence electrons. The highest BCUT2D eigenvalue weighted by molar-refractivity contribution is 7.89. The van der Waals surface area contributed by atoms with Crippen molar-refractivity contribution in [3.63, 3.8) is 0 Å². The number of carbonyl (C=O) groups excluding carboxylic acids is 2. The van der Waals surface area contributed by atoms with Crippen molar-refractivity contribution < 1.29 is 22.7 Å². The average molecular weight is 501 g/mol. The fraction of sp³-hybridized carbons (Fsp3) is 0.200. The minimum atomic E-state index is -3.90. The second-order valence-electron chi connectivity index (χ2n) is 7.66. The molecule has 3 aromatic rings. The van der Waals surface area contributed by atoms with Crippen LogP contribution < -0.4 is 5.32 Å². The zero-order valence-electron chi connectivity index (χ0n) is 18.8. The first-order valence-electron chi connectivity index (χ1n) is 10.5. The van der Waals surface area contributed by atoms with Gasteiger partial charge in [0.15, 0.2) is 6.61 Å². The molecule has 1 N–H and O–H groups in total. The minimum absolute atomic E-state index is 0.0210. The van der Waals surface area contributed by atoms with E-state index in [1.54, 1.807) is 0 Å². The summed E-state index contributed by atoms with van der Waals surface area (Å²) in [6.07, 6.45) is 0. The Balaban J connectivity index is 1.66. The SMILES string of the molecule is C[C@@H](NC(=O)COC(=O)c1cc(S(=O)(=O)N(C)Cc2ccccc2)ccc1Cl)c1ccccc1. The van der Waals surface area contributed by atoms with Crippen LogP contribution in [0.25, 0.3) is 0 Å². The molecule has 0 aliphatic rings. The molecule has 0 saturated heterocycles. The van der Waals surface area contributed by atoms with Gasteiger partial charge in [0.05, 0.1) is 21.5 Å². The number of rotatable bonds is 9. The van der Waals surface area contributed by atoms with Crippen LogP contribution in [-0.4, -0.2) is 38.3 Å². The normalized spacial score (nSPS) is 12.2. The molecule has 1 atom stereocenters. The van der Waals surface area contributed by atoms with Crippen LogP contribution in [0.3, 0.4) is 0 Å². The topological polar surface area (TPSA) is 92.8 Å². The summed E-state index contributed by atoms with van der Waals surface area (Å²) in [6.45, 7) is 1.44. The highest BCUT2D eigenvalue weighted by Crippen LogP contribution is 2.24. The number of carbonyl (C=O) groups is 2. The summed E-state index contributed by atoms with van der Waals surface area (Å²) in [7, 11) is -2.45. The van der Waals surface area contributed by atoms with Crippen molar-refractivity contribution in [1.82, 2.24) is 9.62 Å². The number of benzene rings is 3. The van der Waals surface area contributed by atoms with Crippen LogP contribution in [-0.2, 0) is 26.1 Å². The fourth-order valence-electron chi connectivity index (χ4n) is 3.24. The highest BCUT2D eigenvalue weighted by Gasteiger charge is 2.24. The second-order valence-corrected chi connectivity index (χ2v) is 10.1. The van der Waals surface area contributed by atoms with E-state index in [0.717, 1.165) is 17.2 Å². The van der Waals surface area contributed by atoms with Gasteiger partial charge in [0.25, 0.3) is 5.91 Å². The third-order valence-corrected chi connectivity index (χ3v) is 7.25. The molecule has 0 bridgehead atoms. The molecule has 3 rings (SSSR count). The van der Waals surface area contributed by atoms with E-state index >= 15 is 0 Å². The van der Waals surface area contributed by atoms with Gasteiger partial charge in [0, 0.05) is 13.6 Å². The van der Waals surface area contributed by atoms with Crippen molar-refractivity contribution in [3.05, 3.63) is 101 Å². The molecular weight excluding hydrogens is 476 g/mol. The average Bonchev–Trinajstić information content (AvgIpc) is 2.83. The van der Waals surface area contributed by atoms with Crippen molar-refractivity contribution in [2.75, 3.05) is 13.7 Å². The van der Waals surface area contributed by atoms with Gasteiger partial charge in [0.1, 0.15) is 0 Å². The zero-order valence-corrected chi connectivity index (χ0v) is 20.3. The second kappa shape index (κ2) is 11.3. The number of nitrogens with one attached hydrogen (secondary N) is 1. The minimum Gasteiger partial charge on any atom is -0.452 e. The first-order chi connectivity index (χ1) is 16.2. The molecule has 0 spiro atoms. The summed E-state index contributed by atoms with van der Waals surface area (Å²) in [5.41, 5.74) is 1.58. The van der Waals surface area contributed by atoms with Gasteiger partial charge in [-0.1, -0.05) is 72.3 Å². The Morgan fingerprint density at radius 1 is 1.00 bits per heavy atom. The monoisotopic (exact) mass is 500 g/mol. The first kappa shape index (κ1) is 25.4. The summed E-state index contributed by atoms with van der Waals surface area (Å²) >= 11 is 6.12. The summed E-state index contributed by atoms with van der Waals surface area (Å²) in [5.74, 6) is -1.39. The van der Waals surface area contributed by atoms with Gasteiger partial charge in [-0.05, 0) is 36.2 Å². The van der Waals surface area contributed by atoms with Crippen molar-refractivity contribution in [2.24, 2.45) is 0 Å². The summed E-state index contributed by atoms with van der Waals surface area (Å²) in [4.78, 5) is 24.7. The third-order valence-electron chi connectivity index (χ3n) is 5.13. The largest absolute Gasteiger partial charge is 0.452 e. The zero-order chi connectivity index (χ0) is 24.7. The summed E-state index contributed by atoms with van der Waals surface area (Å²) < 4.78 is 32.3. The number of halogens is 1. The Hall–Kier alpha value is -3.20. The van der Waals surface area contributed by atoms with Crippen molar-refractivity contribution in [1.29, 1.82) is 0 Å². The van der Waals surface area contributed by atoms with E-state index in [1.807, 2.05) is 67.6 Å². The van der Waals surface area contributed by atoms with Crippen LogP contribution in [0.4, 0.5) is 0 Å². The van der Waals surface area contributed by atoms with Gasteiger partial charge < -0.3 is 10.1 Å². The molecule has 9 heteroatoms. The van der Waals surface area contributed by atoms with Crippen LogP contribution in [0.1, 0.15) is 34.5 Å². The molecule has 1 amide bonds. The predicted octanol–water partition coefficient (Wildman–Crippen LogP) is 4.19. The van der Waals surface area contributed by atoms with Crippen LogP contribution in [0.2, 0.25) is 5.02 Å². The smallest absolute Gasteiger partial charge is 0.340 e. The van der Waals surface area contributed by atoms with Crippen LogP contribution in [0.5, 0.6) is 0 Å². The molecule has 0 saturated carbocycles. The fourth-order valence-corrected chi connectivity index (χ4v) is 4.62. The van der Waals surface area contributed by atoms with Gasteiger partial charge in [0.2, 0.25) is 10.0 Å². The molecule has 0 unspecified atom stereocenters. The van der Waals surface area contributed by atoms with Gasteiger partial charge in [-0.15, -0.1) is 0 Å². The van der Waals surface area contributed by atoms with Gasteiger partial charge in [-0.25, -0.2) is 13.2 Å². The standard InChI is InChI=1S/C25H25ClN2O5S/c1-18(20-11-7-4-8-12-20)27-24(29)17-33-25(30)22-15-21(13-14-23(22)26)34(31,32)28(2)16-19-9-5-3-6-10-19/h3-15,18H,16-17H2,1-2H3,(H,27,29)/t18-/m1/s1. The molecule has 3 aromatic carbocycles. The molecule has 0 aromatic heterocycles. The Morgan fingerprint density at radius 2 is 1.62 bits per heavy atom. The van der Waals surface area contributed by atoms with Gasteiger partial charge in [-0.2, -0.15) is 4.31 Å². The van der Waals surface area contributed by atoms with Crippen LogP contribution in [0, 0.1) is 0 Å². The van der Waals surface area contributed by atoms with Crippen molar-refractivity contribution >= 4 is 33.5 Å². The maximum absolute atomic E-state index is 13.0.